The summed E-state index contributed by atoms with van der Waals surface area (Å²) in [6.07, 6.45) is 5.63. The predicted molar refractivity (Wildman–Crippen MR) is 99.4 cm³/mol. The van der Waals surface area contributed by atoms with Crippen LogP contribution in [0, 0.1) is 5.92 Å². The van der Waals surface area contributed by atoms with Crippen LogP contribution >= 0.6 is 0 Å². The molecule has 1 amide bonds. The van der Waals surface area contributed by atoms with Gasteiger partial charge in [-0.15, -0.1) is 0 Å². The number of rotatable bonds is 4. The van der Waals surface area contributed by atoms with Gasteiger partial charge >= 0.3 is 0 Å². The molecule has 0 N–H and O–H groups in total. The van der Waals surface area contributed by atoms with Crippen LogP contribution in [-0.4, -0.2) is 29.2 Å². The maximum absolute atomic E-state index is 13.3. The van der Waals surface area contributed by atoms with E-state index in [1.54, 1.807) is 0 Å². The summed E-state index contributed by atoms with van der Waals surface area (Å²) >= 11 is 0. The molecule has 0 spiro atoms. The van der Waals surface area contributed by atoms with Gasteiger partial charge in [-0.1, -0.05) is 44.5 Å². The number of hydrogen-bond acceptors (Lipinski definition) is 3. The Morgan fingerprint density at radius 2 is 1.81 bits per heavy atom. The fourth-order valence-corrected chi connectivity index (χ4v) is 4.65. The van der Waals surface area contributed by atoms with Crippen molar-refractivity contribution in [3.63, 3.8) is 0 Å². The van der Waals surface area contributed by atoms with Crippen LogP contribution in [-0.2, 0) is 20.7 Å². The molecule has 4 nitrogen and oxygen atoms in total. The second-order valence-corrected chi connectivity index (χ2v) is 7.65. The third kappa shape index (κ3) is 2.67. The van der Waals surface area contributed by atoms with Gasteiger partial charge < -0.3 is 9.64 Å². The standard InChI is InChI=1S/C22H27NO3/c1-3-13-23-19(15-11-9-14(4-2)10-12-15)18-20(24)16-7-5-6-8-17(16)26-21(18)22(23)25/h9-12,16-17,19H,3-8,13H2,1-2H3. The van der Waals surface area contributed by atoms with Gasteiger partial charge in [0, 0.05) is 6.54 Å². The monoisotopic (exact) mass is 353 g/mol. The summed E-state index contributed by atoms with van der Waals surface area (Å²) in [6.45, 7) is 4.82. The molecule has 1 fully saturated rings. The first-order chi connectivity index (χ1) is 12.7. The lowest BCUT2D eigenvalue weighted by atomic mass is 9.77. The fourth-order valence-electron chi connectivity index (χ4n) is 4.65. The summed E-state index contributed by atoms with van der Waals surface area (Å²) in [5.41, 5.74) is 2.88. The first kappa shape index (κ1) is 17.3. The number of amides is 1. The molecule has 0 saturated heterocycles. The smallest absolute Gasteiger partial charge is 0.290 e. The third-order valence-electron chi connectivity index (χ3n) is 6.03. The Bertz CT molecular complexity index is 749. The van der Waals surface area contributed by atoms with Gasteiger partial charge in [-0.25, -0.2) is 0 Å². The zero-order chi connectivity index (χ0) is 18.3. The summed E-state index contributed by atoms with van der Waals surface area (Å²) in [5.74, 6) is 0.293. The van der Waals surface area contributed by atoms with Crippen molar-refractivity contribution >= 4 is 11.7 Å². The lowest BCUT2D eigenvalue weighted by Gasteiger charge is -2.35. The minimum absolute atomic E-state index is 0.0747. The van der Waals surface area contributed by atoms with Crippen LogP contribution in [0.1, 0.15) is 63.1 Å². The first-order valence-electron chi connectivity index (χ1n) is 10.0. The van der Waals surface area contributed by atoms with E-state index < -0.39 is 0 Å². The van der Waals surface area contributed by atoms with Gasteiger partial charge in [-0.3, -0.25) is 9.59 Å². The van der Waals surface area contributed by atoms with Crippen LogP contribution in [0.5, 0.6) is 0 Å². The lowest BCUT2D eigenvalue weighted by molar-refractivity contribution is -0.135. The van der Waals surface area contributed by atoms with Crippen molar-refractivity contribution in [3.8, 4) is 0 Å². The van der Waals surface area contributed by atoms with Crippen molar-refractivity contribution in [1.82, 2.24) is 4.90 Å². The summed E-state index contributed by atoms with van der Waals surface area (Å²) in [7, 11) is 0. The maximum Gasteiger partial charge on any atom is 0.290 e. The van der Waals surface area contributed by atoms with E-state index >= 15 is 0 Å². The minimum atomic E-state index is -0.293. The number of carbonyl (C=O) groups excluding carboxylic acids is 2. The van der Waals surface area contributed by atoms with Gasteiger partial charge in [0.15, 0.2) is 11.5 Å². The van der Waals surface area contributed by atoms with Crippen LogP contribution in [0.25, 0.3) is 0 Å². The Balaban J connectivity index is 1.77. The number of hydrogen-bond donors (Lipinski definition) is 0. The highest BCUT2D eigenvalue weighted by Crippen LogP contribution is 2.46. The van der Waals surface area contributed by atoms with Crippen molar-refractivity contribution in [2.75, 3.05) is 6.54 Å². The lowest BCUT2D eigenvalue weighted by Crippen LogP contribution is -2.39. The quantitative estimate of drug-likeness (QED) is 0.823. The van der Waals surface area contributed by atoms with Gasteiger partial charge in [0.25, 0.3) is 5.91 Å². The van der Waals surface area contributed by atoms with Crippen molar-refractivity contribution in [1.29, 1.82) is 0 Å². The second-order valence-electron chi connectivity index (χ2n) is 7.65. The number of carbonyl (C=O) groups is 2. The van der Waals surface area contributed by atoms with E-state index in [1.807, 2.05) is 4.90 Å². The molecule has 1 saturated carbocycles. The molecular formula is C22H27NO3. The zero-order valence-corrected chi connectivity index (χ0v) is 15.7. The molecule has 2 heterocycles. The summed E-state index contributed by atoms with van der Waals surface area (Å²) in [4.78, 5) is 28.2. The van der Waals surface area contributed by atoms with Crippen LogP contribution in [0.2, 0.25) is 0 Å². The maximum atomic E-state index is 13.3. The molecule has 138 valence electrons. The van der Waals surface area contributed by atoms with E-state index in [4.69, 9.17) is 4.74 Å². The molecule has 26 heavy (non-hydrogen) atoms. The van der Waals surface area contributed by atoms with Gasteiger partial charge in [0.05, 0.1) is 17.5 Å². The SMILES string of the molecule is CCCN1C(=O)C2=C(C(=O)C3CCCCC3O2)C1c1ccc(CC)cc1. The van der Waals surface area contributed by atoms with E-state index in [2.05, 4.69) is 38.1 Å². The van der Waals surface area contributed by atoms with Crippen molar-refractivity contribution < 1.29 is 14.3 Å². The third-order valence-corrected chi connectivity index (χ3v) is 6.03. The average Bonchev–Trinajstić information content (AvgIpc) is 2.95. The Kier molecular flexibility index (Phi) is 4.60. The normalized spacial score (nSPS) is 28.1. The Labute approximate surface area is 155 Å². The molecular weight excluding hydrogens is 326 g/mol. The largest absolute Gasteiger partial charge is 0.483 e. The highest BCUT2D eigenvalue weighted by molar-refractivity contribution is 6.11. The van der Waals surface area contributed by atoms with Crippen molar-refractivity contribution in [2.45, 2.75) is 64.5 Å². The molecule has 4 heteroatoms. The van der Waals surface area contributed by atoms with E-state index in [1.165, 1.54) is 5.56 Å². The van der Waals surface area contributed by atoms with E-state index in [0.29, 0.717) is 17.9 Å². The molecule has 3 atom stereocenters. The Hall–Kier alpha value is -2.10. The summed E-state index contributed by atoms with van der Waals surface area (Å²) in [5, 5.41) is 0. The molecule has 3 aliphatic rings. The van der Waals surface area contributed by atoms with Crippen LogP contribution in [0.15, 0.2) is 35.6 Å². The van der Waals surface area contributed by atoms with E-state index in [9.17, 15) is 9.59 Å². The summed E-state index contributed by atoms with van der Waals surface area (Å²) < 4.78 is 6.14. The molecule has 3 unspecified atom stereocenters. The van der Waals surface area contributed by atoms with E-state index in [0.717, 1.165) is 44.1 Å². The second kappa shape index (κ2) is 6.90. The molecule has 4 rings (SSSR count). The zero-order valence-electron chi connectivity index (χ0n) is 15.7. The Morgan fingerprint density at radius 3 is 2.50 bits per heavy atom. The van der Waals surface area contributed by atoms with Crippen molar-refractivity contribution in [2.24, 2.45) is 5.92 Å². The summed E-state index contributed by atoms with van der Waals surface area (Å²) in [6, 6.07) is 8.03. The number of nitrogens with zero attached hydrogens (tertiary/aromatic N) is 1. The topological polar surface area (TPSA) is 46.6 Å². The van der Waals surface area contributed by atoms with Gasteiger partial charge in [-0.2, -0.15) is 0 Å². The molecule has 1 aliphatic carbocycles. The number of aryl methyl sites for hydroxylation is 1. The number of ether oxygens (including phenoxy) is 1. The fraction of sp³-hybridized carbons (Fsp3) is 0.545. The molecule has 1 aromatic rings. The molecule has 0 bridgehead atoms. The van der Waals surface area contributed by atoms with Crippen LogP contribution < -0.4 is 0 Å². The number of Topliss-reactive ketones (excluding diaryl/α,β-unsaturated/α-hetero) is 1. The molecule has 1 aromatic carbocycles. The van der Waals surface area contributed by atoms with Crippen LogP contribution in [0.3, 0.4) is 0 Å². The average molecular weight is 353 g/mol. The number of ketones is 1. The molecule has 2 aliphatic heterocycles. The van der Waals surface area contributed by atoms with Gasteiger partial charge in [0.2, 0.25) is 0 Å². The van der Waals surface area contributed by atoms with Gasteiger partial charge in [-0.05, 0) is 43.2 Å². The van der Waals surface area contributed by atoms with E-state index in [-0.39, 0.29) is 29.8 Å². The highest BCUT2D eigenvalue weighted by atomic mass is 16.5. The Morgan fingerprint density at radius 1 is 1.08 bits per heavy atom. The van der Waals surface area contributed by atoms with Crippen molar-refractivity contribution in [3.05, 3.63) is 46.7 Å². The van der Waals surface area contributed by atoms with Crippen LogP contribution in [0.4, 0.5) is 0 Å². The number of benzene rings is 1. The molecule has 0 aromatic heterocycles. The molecule has 0 radical (unpaired) electrons. The first-order valence-corrected chi connectivity index (χ1v) is 10.0. The highest BCUT2D eigenvalue weighted by Gasteiger charge is 2.51. The predicted octanol–water partition coefficient (Wildman–Crippen LogP) is 3.95. The number of fused-ring (bicyclic) bond motifs is 1. The van der Waals surface area contributed by atoms with Gasteiger partial charge in [0.1, 0.15) is 6.10 Å². The minimum Gasteiger partial charge on any atom is -0.483 e.